The number of hydrogen-bond donors (Lipinski definition) is 0. The maximum Gasteiger partial charge on any atom is 0.0210 e. The molecule has 102 valence electrons. The van der Waals surface area contributed by atoms with Gasteiger partial charge in [0, 0.05) is 4.47 Å². The predicted molar refractivity (Wildman–Crippen MR) is 83.4 cm³/mol. The molecule has 1 aromatic rings. The van der Waals surface area contributed by atoms with Gasteiger partial charge in [0.15, 0.2) is 0 Å². The molecule has 4 saturated carbocycles. The summed E-state index contributed by atoms with van der Waals surface area (Å²) >= 11 is 3.79. The summed E-state index contributed by atoms with van der Waals surface area (Å²) in [5.74, 6) is 3.11. The second-order valence-corrected chi connectivity index (χ2v) is 8.21. The lowest BCUT2D eigenvalue weighted by molar-refractivity contribution is -0.00521. The maximum absolute atomic E-state index is 3.79. The molecule has 4 bridgehead atoms. The quantitative estimate of drug-likeness (QED) is 0.677. The predicted octanol–water partition coefficient (Wildman–Crippen LogP) is 5.48. The molecule has 0 spiro atoms. The van der Waals surface area contributed by atoms with Crippen molar-refractivity contribution in [2.75, 3.05) is 0 Å². The molecule has 0 N–H and O–H groups in total. The molecule has 0 nitrogen and oxygen atoms in total. The third kappa shape index (κ3) is 1.92. The van der Waals surface area contributed by atoms with Gasteiger partial charge in [0.25, 0.3) is 0 Å². The number of benzene rings is 1. The highest BCUT2D eigenvalue weighted by Gasteiger charge is 2.51. The van der Waals surface area contributed by atoms with Gasteiger partial charge in [0.2, 0.25) is 0 Å². The highest BCUT2D eigenvalue weighted by molar-refractivity contribution is 9.10. The van der Waals surface area contributed by atoms with Gasteiger partial charge in [0.05, 0.1) is 0 Å². The highest BCUT2D eigenvalue weighted by Crippen LogP contribution is 2.60. The summed E-state index contributed by atoms with van der Waals surface area (Å²) in [5.41, 5.74) is 3.63. The van der Waals surface area contributed by atoms with Gasteiger partial charge in [0.1, 0.15) is 0 Å². The monoisotopic (exact) mass is 318 g/mol. The Morgan fingerprint density at radius 1 is 1.05 bits per heavy atom. The fourth-order valence-corrected chi connectivity index (χ4v) is 6.29. The molecule has 0 aliphatic heterocycles. The van der Waals surface area contributed by atoms with Gasteiger partial charge < -0.3 is 0 Å². The Labute approximate surface area is 125 Å². The van der Waals surface area contributed by atoms with Crippen molar-refractivity contribution in [1.29, 1.82) is 0 Å². The molecular formula is C18H23Br. The van der Waals surface area contributed by atoms with Crippen LogP contribution in [0, 0.1) is 17.8 Å². The van der Waals surface area contributed by atoms with E-state index >= 15 is 0 Å². The van der Waals surface area contributed by atoms with Crippen LogP contribution >= 0.6 is 15.9 Å². The Morgan fingerprint density at radius 3 is 2.11 bits per heavy atom. The van der Waals surface area contributed by atoms with Gasteiger partial charge in [-0.2, -0.15) is 0 Å². The maximum atomic E-state index is 3.79. The SMILES string of the molecule is CCc1ccc(C23CC4CC(CC(C4)C2)C3)cc1Br. The molecule has 0 radical (unpaired) electrons. The van der Waals surface area contributed by atoms with Crippen LogP contribution in [0.2, 0.25) is 0 Å². The fraction of sp³-hybridized carbons (Fsp3) is 0.667. The minimum absolute atomic E-state index is 0.545. The van der Waals surface area contributed by atoms with Gasteiger partial charge in [-0.25, -0.2) is 0 Å². The van der Waals surface area contributed by atoms with Crippen molar-refractivity contribution >= 4 is 15.9 Å². The standard InChI is InChI=1S/C18H23Br/c1-2-15-3-4-16(8-17(15)19)18-9-12-5-13(10-18)7-14(6-12)11-18/h3-4,8,12-14H,2,5-7,9-11H2,1H3. The second kappa shape index (κ2) is 4.35. The summed E-state index contributed by atoms with van der Waals surface area (Å²) in [7, 11) is 0. The van der Waals surface area contributed by atoms with Crippen molar-refractivity contribution in [1.82, 2.24) is 0 Å². The third-order valence-corrected chi connectivity index (χ3v) is 6.82. The molecule has 4 aliphatic carbocycles. The normalized spacial score (nSPS) is 39.8. The zero-order valence-electron chi connectivity index (χ0n) is 11.8. The van der Waals surface area contributed by atoms with E-state index in [9.17, 15) is 0 Å². The Hall–Kier alpha value is -0.300. The van der Waals surface area contributed by atoms with Crippen molar-refractivity contribution in [3.05, 3.63) is 33.8 Å². The molecule has 5 rings (SSSR count). The van der Waals surface area contributed by atoms with Gasteiger partial charge in [-0.05, 0) is 85.3 Å². The van der Waals surface area contributed by atoms with Crippen LogP contribution in [0.25, 0.3) is 0 Å². The van der Waals surface area contributed by atoms with E-state index in [2.05, 4.69) is 41.1 Å². The fourth-order valence-electron chi connectivity index (χ4n) is 5.63. The number of aryl methyl sites for hydroxylation is 1. The van der Waals surface area contributed by atoms with Crippen LogP contribution in [0.3, 0.4) is 0 Å². The van der Waals surface area contributed by atoms with Crippen LogP contribution in [-0.4, -0.2) is 0 Å². The van der Waals surface area contributed by atoms with Gasteiger partial charge in [-0.1, -0.05) is 35.0 Å². The lowest BCUT2D eigenvalue weighted by atomic mass is 9.48. The van der Waals surface area contributed by atoms with Gasteiger partial charge >= 0.3 is 0 Å². The smallest absolute Gasteiger partial charge is 0.0210 e. The van der Waals surface area contributed by atoms with Crippen LogP contribution in [0.4, 0.5) is 0 Å². The molecule has 4 aliphatic rings. The largest absolute Gasteiger partial charge is 0.0613 e. The van der Waals surface area contributed by atoms with Crippen molar-refractivity contribution in [3.63, 3.8) is 0 Å². The zero-order chi connectivity index (χ0) is 13.0. The molecule has 0 heterocycles. The van der Waals surface area contributed by atoms with Gasteiger partial charge in [-0.15, -0.1) is 0 Å². The minimum atomic E-state index is 0.545. The molecule has 0 amide bonds. The van der Waals surface area contributed by atoms with Crippen molar-refractivity contribution in [2.45, 2.75) is 57.3 Å². The summed E-state index contributed by atoms with van der Waals surface area (Å²) in [6, 6.07) is 7.25. The number of halogens is 1. The van der Waals surface area contributed by atoms with Crippen LogP contribution in [-0.2, 0) is 11.8 Å². The Bertz CT molecular complexity index is 467. The van der Waals surface area contributed by atoms with E-state index in [1.807, 2.05) is 0 Å². The zero-order valence-corrected chi connectivity index (χ0v) is 13.4. The molecule has 0 aromatic heterocycles. The van der Waals surface area contributed by atoms with Crippen molar-refractivity contribution in [2.24, 2.45) is 17.8 Å². The summed E-state index contributed by atoms with van der Waals surface area (Å²) in [6.45, 7) is 2.24. The van der Waals surface area contributed by atoms with E-state index in [0.29, 0.717) is 5.41 Å². The van der Waals surface area contributed by atoms with Crippen molar-refractivity contribution in [3.8, 4) is 0 Å². The van der Waals surface area contributed by atoms with Crippen LogP contribution in [0.5, 0.6) is 0 Å². The van der Waals surface area contributed by atoms with E-state index in [0.717, 1.165) is 24.2 Å². The Morgan fingerprint density at radius 2 is 1.63 bits per heavy atom. The first-order chi connectivity index (χ1) is 9.18. The minimum Gasteiger partial charge on any atom is -0.0613 e. The van der Waals surface area contributed by atoms with Crippen molar-refractivity contribution < 1.29 is 0 Å². The summed E-state index contributed by atoms with van der Waals surface area (Å²) in [4.78, 5) is 0. The molecule has 19 heavy (non-hydrogen) atoms. The molecule has 0 unspecified atom stereocenters. The number of rotatable bonds is 2. The first-order valence-corrected chi connectivity index (χ1v) is 8.77. The lowest BCUT2D eigenvalue weighted by Gasteiger charge is -2.57. The average molecular weight is 319 g/mol. The molecule has 1 aromatic carbocycles. The Balaban J connectivity index is 1.73. The molecular weight excluding hydrogens is 296 g/mol. The van der Waals surface area contributed by atoms with E-state index in [1.165, 1.54) is 48.6 Å². The first kappa shape index (κ1) is 12.4. The summed E-state index contributed by atoms with van der Waals surface area (Å²) in [6.07, 6.45) is 10.1. The van der Waals surface area contributed by atoms with Crippen LogP contribution in [0.15, 0.2) is 22.7 Å². The molecule has 0 saturated heterocycles. The van der Waals surface area contributed by atoms with Crippen LogP contribution < -0.4 is 0 Å². The second-order valence-electron chi connectivity index (χ2n) is 7.36. The van der Waals surface area contributed by atoms with E-state index in [4.69, 9.17) is 0 Å². The topological polar surface area (TPSA) is 0 Å². The van der Waals surface area contributed by atoms with E-state index in [1.54, 1.807) is 5.56 Å². The lowest BCUT2D eigenvalue weighted by Crippen LogP contribution is -2.48. The van der Waals surface area contributed by atoms with Gasteiger partial charge in [-0.3, -0.25) is 0 Å². The number of hydrogen-bond acceptors (Lipinski definition) is 0. The summed E-state index contributed by atoms with van der Waals surface area (Å²) in [5, 5.41) is 0. The average Bonchev–Trinajstić information content (AvgIpc) is 2.37. The first-order valence-electron chi connectivity index (χ1n) is 7.97. The molecule has 4 fully saturated rings. The Kier molecular flexibility index (Phi) is 2.85. The molecule has 0 atom stereocenters. The highest BCUT2D eigenvalue weighted by atomic mass is 79.9. The summed E-state index contributed by atoms with van der Waals surface area (Å²) < 4.78 is 1.34. The van der Waals surface area contributed by atoms with E-state index in [-0.39, 0.29) is 0 Å². The van der Waals surface area contributed by atoms with Crippen LogP contribution in [0.1, 0.15) is 56.6 Å². The molecule has 1 heteroatoms. The third-order valence-electron chi connectivity index (χ3n) is 6.08. The van der Waals surface area contributed by atoms with E-state index < -0.39 is 0 Å².